The number of ether oxygens (including phenoxy) is 2. The monoisotopic (exact) mass is 609 g/mol. The minimum absolute atomic E-state index is 0.0320. The van der Waals surface area contributed by atoms with Gasteiger partial charge in [-0.05, 0) is 93.5 Å². The smallest absolute Gasteiger partial charge is 0.293 e. The Morgan fingerprint density at radius 3 is 2.53 bits per heavy atom. The summed E-state index contributed by atoms with van der Waals surface area (Å²) >= 11 is 9.14. The number of benzene rings is 3. The van der Waals surface area contributed by atoms with E-state index in [4.69, 9.17) is 21.1 Å². The van der Waals surface area contributed by atoms with Crippen molar-refractivity contribution in [2.75, 3.05) is 7.11 Å². The van der Waals surface area contributed by atoms with Crippen LogP contribution < -0.4 is 9.47 Å². The SMILES string of the molecule is COc1cc(/C=C2\SC(=O)N(Cc3ccc(F)cc3Cl)C2=O)ccc1OCc1ccc(I)cc1. The van der Waals surface area contributed by atoms with Crippen molar-refractivity contribution in [3.63, 3.8) is 0 Å². The van der Waals surface area contributed by atoms with E-state index >= 15 is 0 Å². The van der Waals surface area contributed by atoms with Crippen LogP contribution in [0.5, 0.6) is 11.5 Å². The van der Waals surface area contributed by atoms with Crippen molar-refractivity contribution in [1.82, 2.24) is 4.90 Å². The first-order valence-corrected chi connectivity index (χ1v) is 12.4. The van der Waals surface area contributed by atoms with Gasteiger partial charge in [-0.3, -0.25) is 14.5 Å². The van der Waals surface area contributed by atoms with Crippen molar-refractivity contribution in [2.24, 2.45) is 0 Å². The van der Waals surface area contributed by atoms with E-state index in [2.05, 4.69) is 22.6 Å². The quantitative estimate of drug-likeness (QED) is 0.215. The number of carbonyl (C=O) groups is 2. The van der Waals surface area contributed by atoms with E-state index in [1.165, 1.54) is 19.2 Å². The van der Waals surface area contributed by atoms with E-state index in [0.717, 1.165) is 31.9 Å². The van der Waals surface area contributed by atoms with Gasteiger partial charge in [-0.15, -0.1) is 0 Å². The van der Waals surface area contributed by atoms with Crippen LogP contribution in [0.4, 0.5) is 9.18 Å². The second kappa shape index (κ2) is 10.8. The molecule has 1 aliphatic heterocycles. The van der Waals surface area contributed by atoms with Crippen molar-refractivity contribution < 1.29 is 23.5 Å². The molecule has 174 valence electrons. The normalized spacial score (nSPS) is 14.7. The zero-order valence-electron chi connectivity index (χ0n) is 17.9. The van der Waals surface area contributed by atoms with Gasteiger partial charge in [0.05, 0.1) is 18.6 Å². The summed E-state index contributed by atoms with van der Waals surface area (Å²) < 4.78 is 25.8. The Bertz CT molecular complexity index is 1280. The Kier molecular flexibility index (Phi) is 7.80. The second-order valence-corrected chi connectivity index (χ2v) is 9.98. The molecular weight excluding hydrogens is 592 g/mol. The molecule has 0 aromatic heterocycles. The Hall–Kier alpha value is -2.56. The highest BCUT2D eigenvalue weighted by atomic mass is 127. The number of imide groups is 1. The summed E-state index contributed by atoms with van der Waals surface area (Å²) in [7, 11) is 1.54. The molecule has 3 aromatic rings. The van der Waals surface area contributed by atoms with Crippen LogP contribution >= 0.6 is 46.0 Å². The standard InChI is InChI=1S/C25H18ClFINO4S/c1-32-22-10-16(4-9-21(22)33-14-15-2-7-19(28)8-3-15)11-23-24(30)29(25(31)34-23)13-17-5-6-18(27)12-20(17)26/h2-12H,13-14H2,1H3/b23-11-. The Morgan fingerprint density at radius 1 is 1.06 bits per heavy atom. The maximum absolute atomic E-state index is 13.3. The van der Waals surface area contributed by atoms with Crippen molar-refractivity contribution in [3.8, 4) is 11.5 Å². The number of methoxy groups -OCH3 is 1. The molecule has 1 saturated heterocycles. The summed E-state index contributed by atoms with van der Waals surface area (Å²) in [6, 6.07) is 17.2. The average Bonchev–Trinajstić information content (AvgIpc) is 3.08. The summed E-state index contributed by atoms with van der Waals surface area (Å²) in [5.41, 5.74) is 2.20. The minimum Gasteiger partial charge on any atom is -0.493 e. The fourth-order valence-electron chi connectivity index (χ4n) is 3.24. The molecule has 0 aliphatic carbocycles. The third-order valence-electron chi connectivity index (χ3n) is 5.01. The van der Waals surface area contributed by atoms with Crippen molar-refractivity contribution in [3.05, 3.63) is 96.7 Å². The number of nitrogens with zero attached hydrogens (tertiary/aromatic N) is 1. The number of rotatable bonds is 7. The number of thioether (sulfide) groups is 1. The third-order valence-corrected chi connectivity index (χ3v) is 6.99. The summed E-state index contributed by atoms with van der Waals surface area (Å²) in [5, 5.41) is -0.255. The largest absolute Gasteiger partial charge is 0.493 e. The third kappa shape index (κ3) is 5.73. The lowest BCUT2D eigenvalue weighted by atomic mass is 10.1. The van der Waals surface area contributed by atoms with Gasteiger partial charge < -0.3 is 9.47 Å². The van der Waals surface area contributed by atoms with E-state index in [9.17, 15) is 14.0 Å². The Morgan fingerprint density at radius 2 is 1.82 bits per heavy atom. The Labute approximate surface area is 219 Å². The number of halogens is 3. The van der Waals surface area contributed by atoms with Crippen LogP contribution in [0.3, 0.4) is 0 Å². The van der Waals surface area contributed by atoms with Crippen LogP contribution in [0.1, 0.15) is 16.7 Å². The van der Waals surface area contributed by atoms with E-state index in [1.54, 1.807) is 24.3 Å². The predicted molar refractivity (Wildman–Crippen MR) is 139 cm³/mol. The lowest BCUT2D eigenvalue weighted by Gasteiger charge is -2.13. The maximum atomic E-state index is 13.3. The van der Waals surface area contributed by atoms with Gasteiger partial charge in [-0.2, -0.15) is 0 Å². The van der Waals surface area contributed by atoms with E-state index < -0.39 is 17.0 Å². The summed E-state index contributed by atoms with van der Waals surface area (Å²) in [6.07, 6.45) is 1.63. The Balaban J connectivity index is 1.48. The van der Waals surface area contributed by atoms with Gasteiger partial charge in [0.15, 0.2) is 11.5 Å². The first-order valence-electron chi connectivity index (χ1n) is 10.1. The topological polar surface area (TPSA) is 55.8 Å². The molecule has 0 saturated carbocycles. The summed E-state index contributed by atoms with van der Waals surface area (Å²) in [4.78, 5) is 26.7. The molecule has 1 fully saturated rings. The lowest BCUT2D eigenvalue weighted by Crippen LogP contribution is -2.27. The zero-order chi connectivity index (χ0) is 24.2. The van der Waals surface area contributed by atoms with Crippen LogP contribution in [0.15, 0.2) is 65.6 Å². The van der Waals surface area contributed by atoms with Crippen LogP contribution in [0.2, 0.25) is 5.02 Å². The highest BCUT2D eigenvalue weighted by Gasteiger charge is 2.35. The molecule has 1 heterocycles. The maximum Gasteiger partial charge on any atom is 0.293 e. The van der Waals surface area contributed by atoms with Gasteiger partial charge in [0.25, 0.3) is 11.1 Å². The second-order valence-electron chi connectivity index (χ2n) is 7.33. The number of hydrogen-bond donors (Lipinski definition) is 0. The highest BCUT2D eigenvalue weighted by molar-refractivity contribution is 14.1. The summed E-state index contributed by atoms with van der Waals surface area (Å²) in [6.45, 7) is 0.354. The fraction of sp³-hybridized carbons (Fsp3) is 0.120. The van der Waals surface area contributed by atoms with Gasteiger partial charge in [0, 0.05) is 8.59 Å². The molecule has 3 aromatic carbocycles. The molecule has 5 nitrogen and oxygen atoms in total. The first kappa shape index (κ1) is 24.6. The number of amides is 2. The van der Waals surface area contributed by atoms with Gasteiger partial charge in [0.1, 0.15) is 12.4 Å². The molecule has 9 heteroatoms. The van der Waals surface area contributed by atoms with E-state index in [-0.39, 0.29) is 16.5 Å². The molecule has 0 radical (unpaired) electrons. The molecule has 0 spiro atoms. The van der Waals surface area contributed by atoms with E-state index in [0.29, 0.717) is 29.2 Å². The number of carbonyl (C=O) groups excluding carboxylic acids is 2. The molecular formula is C25H18ClFINO4S. The zero-order valence-corrected chi connectivity index (χ0v) is 21.6. The molecule has 0 bridgehead atoms. The van der Waals surface area contributed by atoms with Crippen LogP contribution in [-0.4, -0.2) is 23.2 Å². The predicted octanol–water partition coefficient (Wildman–Crippen LogP) is 6.91. The molecule has 0 atom stereocenters. The molecule has 0 unspecified atom stereocenters. The minimum atomic E-state index is -0.484. The number of hydrogen-bond acceptors (Lipinski definition) is 5. The van der Waals surface area contributed by atoms with Crippen molar-refractivity contribution >= 4 is 63.2 Å². The molecule has 1 aliphatic rings. The lowest BCUT2D eigenvalue weighted by molar-refractivity contribution is -0.123. The molecule has 34 heavy (non-hydrogen) atoms. The molecule has 4 rings (SSSR count). The first-order chi connectivity index (χ1) is 16.3. The van der Waals surface area contributed by atoms with Crippen molar-refractivity contribution in [2.45, 2.75) is 13.2 Å². The molecule has 0 N–H and O–H groups in total. The van der Waals surface area contributed by atoms with Gasteiger partial charge >= 0.3 is 0 Å². The van der Waals surface area contributed by atoms with Crippen molar-refractivity contribution in [1.29, 1.82) is 0 Å². The van der Waals surface area contributed by atoms with Crippen LogP contribution in [-0.2, 0) is 17.9 Å². The van der Waals surface area contributed by atoms with Gasteiger partial charge in [0.2, 0.25) is 0 Å². The molecule has 2 amide bonds. The van der Waals surface area contributed by atoms with Crippen LogP contribution in [0.25, 0.3) is 6.08 Å². The van der Waals surface area contributed by atoms with Crippen LogP contribution in [0, 0.1) is 9.39 Å². The fourth-order valence-corrected chi connectivity index (χ4v) is 4.67. The van der Waals surface area contributed by atoms with Gasteiger partial charge in [-0.1, -0.05) is 35.9 Å². The van der Waals surface area contributed by atoms with Gasteiger partial charge in [-0.25, -0.2) is 4.39 Å². The highest BCUT2D eigenvalue weighted by Crippen LogP contribution is 2.36. The average molecular weight is 610 g/mol. The summed E-state index contributed by atoms with van der Waals surface area (Å²) in [5.74, 6) is 0.157. The van der Waals surface area contributed by atoms with E-state index in [1.807, 2.05) is 24.3 Å².